The maximum Gasteiger partial charge on any atom is 0.165 e. The van der Waals surface area contributed by atoms with Gasteiger partial charge < -0.3 is 19.7 Å². The lowest BCUT2D eigenvalue weighted by Crippen LogP contribution is -2.83. The van der Waals surface area contributed by atoms with E-state index in [0.717, 1.165) is 44.6 Å². The molecule has 5 aliphatic carbocycles. The van der Waals surface area contributed by atoms with Crippen LogP contribution in [-0.4, -0.2) is 58.7 Å². The summed E-state index contributed by atoms with van der Waals surface area (Å²) in [6.07, 6.45) is 7.64. The van der Waals surface area contributed by atoms with Crippen LogP contribution >= 0.6 is 0 Å². The summed E-state index contributed by atoms with van der Waals surface area (Å²) >= 11 is 0. The highest BCUT2D eigenvalue weighted by Crippen LogP contribution is 2.78. The van der Waals surface area contributed by atoms with Gasteiger partial charge in [0, 0.05) is 42.0 Å². The van der Waals surface area contributed by atoms with Gasteiger partial charge in [-0.3, -0.25) is 4.90 Å². The number of phenolic OH excluding ortho intramolecular Hbond substituents is 1. The largest absolute Gasteiger partial charge is 0.504 e. The standard InChI is InChI=1S/C29H41NO4/c1-25(2,3)26(4,32)20-15-27-10-11-29(20,33-5)24-28(27)12-13-30(16-17-6-7-17)21(27)14-18-8-9-19(31)23(34-24)22(18)28/h8-9,17,20-21,24,31-32H,6-7,10-16H2,1-5H3/t20-,21-,24-,26?,27?,28+,29+/m1/s1. The average molecular weight is 468 g/mol. The highest BCUT2D eigenvalue weighted by molar-refractivity contribution is 5.63. The molecule has 2 unspecified atom stereocenters. The smallest absolute Gasteiger partial charge is 0.165 e. The molecule has 0 aromatic heterocycles. The van der Waals surface area contributed by atoms with E-state index < -0.39 is 11.2 Å². The van der Waals surface area contributed by atoms with Crippen molar-refractivity contribution in [3.8, 4) is 11.5 Å². The third-order valence-corrected chi connectivity index (χ3v) is 11.9. The number of aromatic hydroxyl groups is 1. The van der Waals surface area contributed by atoms with Crippen LogP contribution in [0.25, 0.3) is 0 Å². The van der Waals surface area contributed by atoms with Crippen molar-refractivity contribution in [1.29, 1.82) is 0 Å². The van der Waals surface area contributed by atoms with Gasteiger partial charge in [0.15, 0.2) is 11.5 Å². The number of aliphatic hydroxyl groups is 1. The fourth-order valence-corrected chi connectivity index (χ4v) is 9.58. The molecule has 1 saturated heterocycles. The van der Waals surface area contributed by atoms with Gasteiger partial charge in [0.25, 0.3) is 0 Å². The van der Waals surface area contributed by atoms with E-state index in [4.69, 9.17) is 9.47 Å². The summed E-state index contributed by atoms with van der Waals surface area (Å²) in [5.74, 6) is 1.80. The number of phenols is 1. The first-order valence-corrected chi connectivity index (χ1v) is 13.6. The van der Waals surface area contributed by atoms with Crippen LogP contribution in [0.15, 0.2) is 12.1 Å². The molecule has 0 radical (unpaired) electrons. The van der Waals surface area contributed by atoms with Crippen molar-refractivity contribution in [1.82, 2.24) is 4.90 Å². The molecule has 0 amide bonds. The Labute approximate surface area is 203 Å². The number of piperidine rings is 1. The molecule has 2 aliphatic heterocycles. The maximum absolute atomic E-state index is 12.2. The Morgan fingerprint density at radius 3 is 2.59 bits per heavy atom. The second kappa shape index (κ2) is 6.33. The van der Waals surface area contributed by atoms with Gasteiger partial charge in [0.2, 0.25) is 0 Å². The average Bonchev–Trinajstić information content (AvgIpc) is 3.53. The van der Waals surface area contributed by atoms with E-state index in [0.29, 0.717) is 11.8 Å². The number of methoxy groups -OCH3 is 1. The molecule has 7 aliphatic rings. The number of ether oxygens (including phenoxy) is 2. The predicted octanol–water partition coefficient (Wildman–Crippen LogP) is 4.41. The Morgan fingerprint density at radius 1 is 1.15 bits per heavy atom. The lowest BCUT2D eigenvalue weighted by atomic mass is 9.33. The van der Waals surface area contributed by atoms with E-state index in [-0.39, 0.29) is 34.0 Å². The third kappa shape index (κ3) is 2.25. The molecular weight excluding hydrogens is 426 g/mol. The number of benzene rings is 1. The number of likely N-dealkylation sites (tertiary alicyclic amines) is 1. The lowest BCUT2D eigenvalue weighted by Gasteiger charge is -2.75. The van der Waals surface area contributed by atoms with Gasteiger partial charge in [-0.1, -0.05) is 26.8 Å². The molecule has 2 spiro atoms. The fraction of sp³-hybridized carbons (Fsp3) is 0.793. The molecule has 4 bridgehead atoms. The van der Waals surface area contributed by atoms with Gasteiger partial charge >= 0.3 is 0 Å². The molecule has 5 fully saturated rings. The van der Waals surface area contributed by atoms with Crippen molar-refractivity contribution in [3.05, 3.63) is 23.3 Å². The molecule has 5 heteroatoms. The van der Waals surface area contributed by atoms with E-state index in [9.17, 15) is 10.2 Å². The summed E-state index contributed by atoms with van der Waals surface area (Å²) in [6.45, 7) is 10.8. The van der Waals surface area contributed by atoms with Gasteiger partial charge in [0.1, 0.15) is 11.7 Å². The number of rotatable bonds is 4. The highest BCUT2D eigenvalue weighted by atomic mass is 16.6. The van der Waals surface area contributed by atoms with Crippen molar-refractivity contribution in [2.45, 2.75) is 101 Å². The summed E-state index contributed by atoms with van der Waals surface area (Å²) in [7, 11) is 1.83. The zero-order chi connectivity index (χ0) is 23.9. The molecule has 1 aromatic rings. The zero-order valence-corrected chi connectivity index (χ0v) is 21.5. The second-order valence-corrected chi connectivity index (χ2v) is 13.8. The second-order valence-electron chi connectivity index (χ2n) is 13.8. The molecule has 1 aromatic carbocycles. The van der Waals surface area contributed by atoms with Crippen LogP contribution in [0.5, 0.6) is 11.5 Å². The number of hydrogen-bond acceptors (Lipinski definition) is 5. The maximum atomic E-state index is 12.2. The van der Waals surface area contributed by atoms with Crippen LogP contribution in [0.2, 0.25) is 0 Å². The first-order valence-electron chi connectivity index (χ1n) is 13.6. The van der Waals surface area contributed by atoms with E-state index in [1.807, 2.05) is 20.1 Å². The van der Waals surface area contributed by atoms with E-state index in [1.54, 1.807) is 0 Å². The summed E-state index contributed by atoms with van der Waals surface area (Å²) < 4.78 is 13.5. The van der Waals surface area contributed by atoms with Crippen LogP contribution in [0, 0.1) is 22.7 Å². The lowest BCUT2D eigenvalue weighted by molar-refractivity contribution is -0.312. The van der Waals surface area contributed by atoms with Crippen LogP contribution in [0.3, 0.4) is 0 Å². The molecular formula is C29H41NO4. The van der Waals surface area contributed by atoms with Crippen LogP contribution in [0.1, 0.15) is 77.3 Å². The monoisotopic (exact) mass is 467 g/mol. The van der Waals surface area contributed by atoms with Crippen molar-refractivity contribution in [2.75, 3.05) is 20.2 Å². The minimum absolute atomic E-state index is 0.0294. The normalized spacial score (nSPS) is 43.9. The van der Waals surface area contributed by atoms with Gasteiger partial charge in [0.05, 0.1) is 5.60 Å². The van der Waals surface area contributed by atoms with Crippen molar-refractivity contribution in [3.63, 3.8) is 0 Å². The minimum atomic E-state index is -0.909. The molecule has 34 heavy (non-hydrogen) atoms. The SMILES string of the molecule is CO[C@@]12CCC3(C[C@@H]1C(C)(O)C(C)(C)C)[C@H]1Cc4ccc(O)c5c4[C@@]3(CCN1CC1CC1)[C@H]2O5. The Bertz CT molecular complexity index is 1060. The third-order valence-electron chi connectivity index (χ3n) is 11.9. The molecule has 2 heterocycles. The molecule has 186 valence electrons. The van der Waals surface area contributed by atoms with Crippen LogP contribution in [0.4, 0.5) is 0 Å². The fourth-order valence-electron chi connectivity index (χ4n) is 9.58. The van der Waals surface area contributed by atoms with Crippen LogP contribution < -0.4 is 4.74 Å². The van der Waals surface area contributed by atoms with Gasteiger partial charge in [-0.05, 0) is 81.4 Å². The molecule has 5 nitrogen and oxygen atoms in total. The van der Waals surface area contributed by atoms with Crippen molar-refractivity contribution in [2.24, 2.45) is 22.7 Å². The Hall–Kier alpha value is -1.30. The summed E-state index contributed by atoms with van der Waals surface area (Å²) in [5, 5.41) is 23.2. The summed E-state index contributed by atoms with van der Waals surface area (Å²) in [6, 6.07) is 4.46. The van der Waals surface area contributed by atoms with Gasteiger partial charge in [-0.15, -0.1) is 0 Å². The Kier molecular flexibility index (Phi) is 4.08. The van der Waals surface area contributed by atoms with E-state index in [1.165, 1.54) is 30.5 Å². The topological polar surface area (TPSA) is 62.2 Å². The number of nitrogens with zero attached hydrogens (tertiary/aromatic N) is 1. The minimum Gasteiger partial charge on any atom is -0.504 e. The molecule has 7 atom stereocenters. The van der Waals surface area contributed by atoms with E-state index in [2.05, 4.69) is 31.7 Å². The van der Waals surface area contributed by atoms with Crippen LogP contribution in [-0.2, 0) is 16.6 Å². The summed E-state index contributed by atoms with van der Waals surface area (Å²) in [4.78, 5) is 2.82. The summed E-state index contributed by atoms with van der Waals surface area (Å²) in [5.41, 5.74) is 0.783. The molecule has 4 saturated carbocycles. The first kappa shape index (κ1) is 21.9. The van der Waals surface area contributed by atoms with Crippen molar-refractivity contribution < 1.29 is 19.7 Å². The van der Waals surface area contributed by atoms with Gasteiger partial charge in [-0.25, -0.2) is 0 Å². The number of fused-ring (bicyclic) bond motifs is 2. The first-order chi connectivity index (χ1) is 16.0. The van der Waals surface area contributed by atoms with Gasteiger partial charge in [-0.2, -0.15) is 0 Å². The highest BCUT2D eigenvalue weighted by Gasteiger charge is 2.82. The van der Waals surface area contributed by atoms with E-state index >= 15 is 0 Å². The molecule has 8 rings (SSSR count). The molecule has 2 N–H and O–H groups in total. The number of hydrogen-bond donors (Lipinski definition) is 2. The Balaban J connectivity index is 1.47. The predicted molar refractivity (Wildman–Crippen MR) is 130 cm³/mol. The van der Waals surface area contributed by atoms with Crippen molar-refractivity contribution >= 4 is 0 Å². The zero-order valence-electron chi connectivity index (χ0n) is 21.5. The Morgan fingerprint density at radius 2 is 1.91 bits per heavy atom. The quantitative estimate of drug-likeness (QED) is 0.687.